The molecule has 1 aliphatic heterocycles. The molecule has 36 heavy (non-hydrogen) atoms. The van der Waals surface area contributed by atoms with Crippen molar-refractivity contribution in [1.29, 1.82) is 0 Å². The number of carboxylic acid groups (broad SMARTS) is 1. The van der Waals surface area contributed by atoms with Crippen molar-refractivity contribution in [2.75, 3.05) is 41.3 Å². The molecule has 0 bridgehead atoms. The van der Waals surface area contributed by atoms with Gasteiger partial charge in [0.05, 0.1) is 0 Å². The van der Waals surface area contributed by atoms with Crippen LogP contribution in [0.1, 0.15) is 10.4 Å². The number of halogens is 1. The maximum atomic E-state index is 13.4. The number of anilines is 4. The first-order valence-electron chi connectivity index (χ1n) is 11.1. The van der Waals surface area contributed by atoms with Crippen LogP contribution in [0.3, 0.4) is 0 Å². The summed E-state index contributed by atoms with van der Waals surface area (Å²) in [5, 5.41) is 15.6. The van der Waals surface area contributed by atoms with Crippen molar-refractivity contribution < 1.29 is 27.5 Å². The van der Waals surface area contributed by atoms with Crippen LogP contribution < -0.4 is 20.4 Å². The second-order valence-corrected chi connectivity index (χ2v) is 8.80. The van der Waals surface area contributed by atoms with Crippen molar-refractivity contribution in [3.05, 3.63) is 84.2 Å². The molecule has 0 radical (unpaired) electrons. The highest BCUT2D eigenvalue weighted by molar-refractivity contribution is 7.75. The molecule has 9 nitrogen and oxygen atoms in total. The zero-order valence-corrected chi connectivity index (χ0v) is 19.8. The molecule has 186 valence electrons. The van der Waals surface area contributed by atoms with Gasteiger partial charge in [-0.3, -0.25) is 9.69 Å². The summed E-state index contributed by atoms with van der Waals surface area (Å²) >= 11 is 0. The lowest BCUT2D eigenvalue weighted by molar-refractivity contribution is -0.129. The lowest BCUT2D eigenvalue weighted by Gasteiger charge is -2.29. The van der Waals surface area contributed by atoms with Crippen molar-refractivity contribution in [2.24, 2.45) is 0 Å². The van der Waals surface area contributed by atoms with Gasteiger partial charge < -0.3 is 20.6 Å². The van der Waals surface area contributed by atoms with Gasteiger partial charge in [-0.2, -0.15) is 8.42 Å². The maximum Gasteiger partial charge on any atom is 0.369 e. The number of aliphatic carboxylic acids is 1. The fourth-order valence-corrected chi connectivity index (χ4v) is 4.36. The molecule has 3 aromatic carbocycles. The average Bonchev–Trinajstić information content (AvgIpc) is 2.88. The number of carbonyl (C=O) groups is 2. The number of hydrogen-bond acceptors (Lipinski definition) is 6. The van der Waals surface area contributed by atoms with Gasteiger partial charge in [-0.15, -0.1) is 0 Å². The normalized spacial score (nSPS) is 13.1. The number of carboxylic acids is 1. The number of amides is 1. The number of piperazine rings is 1. The number of nitrogens with zero attached hydrogens (tertiary/aromatic N) is 2. The predicted molar refractivity (Wildman–Crippen MR) is 136 cm³/mol. The van der Waals surface area contributed by atoms with Crippen LogP contribution in [0.5, 0.6) is 0 Å². The molecule has 0 unspecified atom stereocenters. The van der Waals surface area contributed by atoms with Gasteiger partial charge in [0.1, 0.15) is 5.82 Å². The molecule has 11 heteroatoms. The predicted octanol–water partition coefficient (Wildman–Crippen LogP) is 2.72. The Kier molecular flexibility index (Phi) is 7.62. The molecule has 1 heterocycles. The lowest BCUT2D eigenvalue weighted by Crippen LogP contribution is -2.43. The summed E-state index contributed by atoms with van der Waals surface area (Å²) in [6.45, 7) is 3.61. The van der Waals surface area contributed by atoms with E-state index >= 15 is 0 Å². The van der Waals surface area contributed by atoms with Gasteiger partial charge in [-0.05, 0) is 72.8 Å². The molecular formula is C25H23FN4O5S. The Morgan fingerprint density at radius 2 is 1.44 bits per heavy atom. The van der Waals surface area contributed by atoms with Crippen molar-refractivity contribution in [2.45, 2.75) is 0 Å². The number of carbonyl (C=O) groups excluding carboxylic acids is 1. The average molecular weight is 511 g/mol. The molecular weight excluding hydrogens is 487 g/mol. The Morgan fingerprint density at radius 3 is 1.97 bits per heavy atom. The summed E-state index contributed by atoms with van der Waals surface area (Å²) in [5.41, 5.74) is 2.27. The number of hydrogen-bond donors (Lipinski definition) is 3. The third-order valence-corrected chi connectivity index (χ3v) is 6.30. The Bertz CT molecular complexity index is 1380. The van der Waals surface area contributed by atoms with E-state index in [1.807, 2.05) is 12.1 Å². The van der Waals surface area contributed by atoms with E-state index in [2.05, 4.69) is 15.5 Å². The Balaban J connectivity index is 1.54. The lowest BCUT2D eigenvalue weighted by atomic mass is 10.1. The highest BCUT2D eigenvalue weighted by atomic mass is 32.2. The monoisotopic (exact) mass is 510 g/mol. The van der Waals surface area contributed by atoms with Gasteiger partial charge in [0.25, 0.3) is 10.9 Å². The number of benzene rings is 3. The van der Waals surface area contributed by atoms with Crippen LogP contribution >= 0.6 is 0 Å². The van der Waals surface area contributed by atoms with Crippen LogP contribution in [0.25, 0.3) is 0 Å². The SMILES string of the molecule is O=C(O)C(N(c1ccc(F)cc1)c1ccc(NC(=O)c2ccc(N3CCNCC3)cc2)cc1)=S(=O)=O. The molecule has 0 saturated carbocycles. The molecule has 0 spiro atoms. The van der Waals surface area contributed by atoms with E-state index in [0.29, 0.717) is 11.3 Å². The van der Waals surface area contributed by atoms with Crippen LogP contribution in [-0.4, -0.2) is 56.6 Å². The zero-order valence-electron chi connectivity index (χ0n) is 19.0. The van der Waals surface area contributed by atoms with Crippen molar-refractivity contribution >= 4 is 49.9 Å². The van der Waals surface area contributed by atoms with Crippen LogP contribution in [0, 0.1) is 5.82 Å². The molecule has 3 aromatic rings. The van der Waals surface area contributed by atoms with Crippen LogP contribution in [0.2, 0.25) is 0 Å². The van der Waals surface area contributed by atoms with Gasteiger partial charge in [0.15, 0.2) is 0 Å². The fourth-order valence-electron chi connectivity index (χ4n) is 3.86. The molecule has 1 fully saturated rings. The molecule has 1 amide bonds. The Morgan fingerprint density at radius 1 is 0.889 bits per heavy atom. The first-order chi connectivity index (χ1) is 17.3. The van der Waals surface area contributed by atoms with E-state index in [1.165, 1.54) is 36.4 Å². The van der Waals surface area contributed by atoms with Crippen LogP contribution in [0.15, 0.2) is 72.8 Å². The van der Waals surface area contributed by atoms with Gasteiger partial charge >= 0.3 is 5.97 Å². The second kappa shape index (κ2) is 11.0. The molecule has 3 N–H and O–H groups in total. The summed E-state index contributed by atoms with van der Waals surface area (Å²) in [6, 6.07) is 18.0. The van der Waals surface area contributed by atoms with E-state index in [9.17, 15) is 27.5 Å². The number of rotatable bonds is 5. The summed E-state index contributed by atoms with van der Waals surface area (Å²) in [6.07, 6.45) is 0. The first-order valence-corrected chi connectivity index (χ1v) is 12.1. The zero-order chi connectivity index (χ0) is 25.7. The summed E-state index contributed by atoms with van der Waals surface area (Å²) in [7, 11) is -3.09. The molecule has 1 aliphatic rings. The molecule has 0 aliphatic carbocycles. The largest absolute Gasteiger partial charge is 0.476 e. The van der Waals surface area contributed by atoms with Crippen molar-refractivity contribution in [1.82, 2.24) is 5.32 Å². The van der Waals surface area contributed by atoms with Crippen LogP contribution in [-0.2, 0) is 15.1 Å². The standard InChI is InChI=1S/C25H23FN4O5S/c26-18-3-9-21(10-4-18)30(24(25(32)33)36(34)35)22-11-5-19(6-12-22)28-23(31)17-1-7-20(8-2-17)29-15-13-27-14-16-29/h1-12,27H,13-16H2,(H,28,31)(H,32,33). The van der Waals surface area contributed by atoms with E-state index in [-0.39, 0.29) is 17.3 Å². The maximum absolute atomic E-state index is 13.4. The minimum Gasteiger partial charge on any atom is -0.476 e. The van der Waals surface area contributed by atoms with Crippen molar-refractivity contribution in [3.8, 4) is 0 Å². The third-order valence-electron chi connectivity index (χ3n) is 5.62. The highest BCUT2D eigenvalue weighted by Gasteiger charge is 2.24. The van der Waals surface area contributed by atoms with Crippen LogP contribution in [0.4, 0.5) is 27.1 Å². The highest BCUT2D eigenvalue weighted by Crippen LogP contribution is 2.28. The van der Waals surface area contributed by atoms with Gasteiger partial charge in [0, 0.05) is 54.5 Å². The summed E-state index contributed by atoms with van der Waals surface area (Å²) in [5.74, 6) is -2.56. The smallest absolute Gasteiger partial charge is 0.369 e. The Hall–Kier alpha value is -4.22. The quantitative estimate of drug-likeness (QED) is 0.449. The molecule has 1 saturated heterocycles. The Labute approximate surface area is 208 Å². The van der Waals surface area contributed by atoms with Crippen molar-refractivity contribution in [3.63, 3.8) is 0 Å². The second-order valence-electron chi connectivity index (χ2n) is 7.94. The fraction of sp³-hybridized carbons (Fsp3) is 0.160. The third kappa shape index (κ3) is 5.70. The topological polar surface area (TPSA) is 119 Å². The minimum atomic E-state index is -3.09. The molecule has 4 rings (SSSR count). The molecule has 0 aromatic heterocycles. The van der Waals surface area contributed by atoms with E-state index in [1.54, 1.807) is 12.1 Å². The van der Waals surface area contributed by atoms with E-state index in [0.717, 1.165) is 48.9 Å². The summed E-state index contributed by atoms with van der Waals surface area (Å²) < 4.78 is 36.8. The first kappa shape index (κ1) is 24.9. The summed E-state index contributed by atoms with van der Waals surface area (Å²) in [4.78, 5) is 26.7. The number of nitrogens with one attached hydrogen (secondary N) is 2. The minimum absolute atomic E-state index is 0.138. The molecule has 0 atom stereocenters. The van der Waals surface area contributed by atoms with E-state index in [4.69, 9.17) is 0 Å². The van der Waals surface area contributed by atoms with Gasteiger partial charge in [0.2, 0.25) is 10.3 Å². The van der Waals surface area contributed by atoms with Gasteiger partial charge in [-0.1, -0.05) is 0 Å². The van der Waals surface area contributed by atoms with E-state index < -0.39 is 27.1 Å². The van der Waals surface area contributed by atoms with Gasteiger partial charge in [-0.25, -0.2) is 9.18 Å².